The summed E-state index contributed by atoms with van der Waals surface area (Å²) in [6.45, 7) is 4.74. The molecule has 6 nitrogen and oxygen atoms in total. The first-order valence-corrected chi connectivity index (χ1v) is 9.93. The number of ether oxygens (including phenoxy) is 1. The number of hydrogen-bond donors (Lipinski definition) is 1. The Hall–Kier alpha value is -3.71. The molecule has 0 saturated heterocycles. The topological polar surface area (TPSA) is 77.7 Å². The molecule has 0 amide bonds. The highest BCUT2D eigenvalue weighted by molar-refractivity contribution is 5.92. The van der Waals surface area contributed by atoms with E-state index in [1.54, 1.807) is 17.2 Å². The number of benzene rings is 2. The second-order valence-corrected chi connectivity index (χ2v) is 7.20. The molecule has 0 spiro atoms. The molecule has 0 aromatic heterocycles. The Balaban J connectivity index is 1.84. The Bertz CT molecular complexity index is 1110. The van der Waals surface area contributed by atoms with Gasteiger partial charge in [-0.05, 0) is 35.4 Å². The van der Waals surface area contributed by atoms with Crippen molar-refractivity contribution in [2.45, 2.75) is 12.7 Å². The normalized spacial score (nSPS) is 13.2. The number of nitrogens with zero attached hydrogens (tertiary/aromatic N) is 3. The maximum Gasteiger partial charge on any atom is 0.416 e. The van der Waals surface area contributed by atoms with Gasteiger partial charge in [0.05, 0.1) is 35.7 Å². The second kappa shape index (κ2) is 10.3. The van der Waals surface area contributed by atoms with Crippen LogP contribution in [-0.2, 0) is 17.5 Å². The van der Waals surface area contributed by atoms with E-state index >= 15 is 0 Å². The average molecular weight is 460 g/mol. The number of nitriles is 1. The van der Waals surface area contributed by atoms with E-state index in [-0.39, 0.29) is 44.1 Å². The summed E-state index contributed by atoms with van der Waals surface area (Å²) in [5.74, 6) is -0.557. The first-order valence-electron chi connectivity index (χ1n) is 9.93. The van der Waals surface area contributed by atoms with Crippen molar-refractivity contribution < 1.29 is 22.3 Å². The number of anilines is 2. The van der Waals surface area contributed by atoms with Gasteiger partial charge in [-0.2, -0.15) is 23.3 Å². The van der Waals surface area contributed by atoms with Gasteiger partial charge in [-0.25, -0.2) is 4.39 Å². The predicted octanol–water partition coefficient (Wildman–Crippen LogP) is 5.48. The van der Waals surface area contributed by atoms with Crippen molar-refractivity contribution in [2.24, 2.45) is 5.18 Å². The lowest BCUT2D eigenvalue weighted by Crippen LogP contribution is -2.22. The lowest BCUT2D eigenvalue weighted by atomic mass is 9.94. The molecule has 2 aromatic carbocycles. The maximum atomic E-state index is 14.7. The molecule has 1 aliphatic heterocycles. The van der Waals surface area contributed by atoms with E-state index < -0.39 is 17.6 Å². The van der Waals surface area contributed by atoms with Gasteiger partial charge in [0.1, 0.15) is 18.4 Å². The van der Waals surface area contributed by atoms with Crippen molar-refractivity contribution in [3.63, 3.8) is 0 Å². The molecule has 2 aromatic rings. The molecule has 1 aliphatic rings. The first kappa shape index (κ1) is 23.9. The molecule has 172 valence electrons. The van der Waals surface area contributed by atoms with Crippen LogP contribution in [0.25, 0.3) is 5.57 Å². The molecule has 0 aliphatic carbocycles. The number of halogens is 4. The molecule has 33 heavy (non-hydrogen) atoms. The van der Waals surface area contributed by atoms with Gasteiger partial charge in [-0.1, -0.05) is 23.9 Å². The molecular formula is C23H20F4N4O2. The van der Waals surface area contributed by atoms with Crippen LogP contribution >= 0.6 is 0 Å². The number of nitroso groups, excluding NO2 is 1. The third-order valence-electron chi connectivity index (χ3n) is 4.97. The predicted molar refractivity (Wildman–Crippen MR) is 117 cm³/mol. The molecule has 1 N–H and O–H groups in total. The van der Waals surface area contributed by atoms with Gasteiger partial charge in [-0.15, -0.1) is 0 Å². The van der Waals surface area contributed by atoms with Crippen LogP contribution in [0.5, 0.6) is 0 Å². The maximum absolute atomic E-state index is 14.7. The van der Waals surface area contributed by atoms with Crippen LogP contribution in [0.3, 0.4) is 0 Å². The third kappa shape index (κ3) is 5.75. The number of rotatable bonds is 9. The molecule has 0 bridgehead atoms. The third-order valence-corrected chi connectivity index (χ3v) is 4.97. The molecule has 0 unspecified atom stereocenters. The van der Waals surface area contributed by atoms with Crippen molar-refractivity contribution >= 4 is 16.9 Å². The molecule has 1 heterocycles. The van der Waals surface area contributed by atoms with Crippen LogP contribution in [0.15, 0.2) is 59.9 Å². The highest BCUT2D eigenvalue weighted by Gasteiger charge is 2.30. The van der Waals surface area contributed by atoms with E-state index in [0.29, 0.717) is 22.4 Å². The van der Waals surface area contributed by atoms with Crippen molar-refractivity contribution in [1.29, 1.82) is 5.26 Å². The fourth-order valence-corrected chi connectivity index (χ4v) is 3.31. The largest absolute Gasteiger partial charge is 0.416 e. The van der Waals surface area contributed by atoms with Crippen LogP contribution in [0, 0.1) is 22.1 Å². The van der Waals surface area contributed by atoms with E-state index in [1.807, 2.05) is 6.07 Å². The molecule has 0 fully saturated rings. The van der Waals surface area contributed by atoms with Gasteiger partial charge in [0.25, 0.3) is 0 Å². The van der Waals surface area contributed by atoms with E-state index in [2.05, 4.69) is 17.1 Å². The Labute approximate surface area is 187 Å². The average Bonchev–Trinajstić information content (AvgIpc) is 2.78. The smallest absolute Gasteiger partial charge is 0.380 e. The monoisotopic (exact) mass is 460 g/mol. The zero-order valence-corrected chi connectivity index (χ0v) is 17.5. The highest BCUT2D eigenvalue weighted by Crippen LogP contribution is 2.39. The molecule has 0 atom stereocenters. The Morgan fingerprint density at radius 3 is 2.55 bits per heavy atom. The number of alkyl halides is 3. The summed E-state index contributed by atoms with van der Waals surface area (Å²) in [4.78, 5) is 11.7. The van der Waals surface area contributed by atoms with E-state index in [9.17, 15) is 27.7 Å². The number of nitrogens with one attached hydrogen (secondary N) is 1. The van der Waals surface area contributed by atoms with Crippen molar-refractivity contribution in [3.05, 3.63) is 82.2 Å². The summed E-state index contributed by atoms with van der Waals surface area (Å²) in [7, 11) is 0. The van der Waals surface area contributed by atoms with Crippen LogP contribution in [0.2, 0.25) is 0 Å². The van der Waals surface area contributed by atoms with Crippen molar-refractivity contribution in [3.8, 4) is 6.07 Å². The number of hydrogen-bond acceptors (Lipinski definition) is 6. The van der Waals surface area contributed by atoms with Gasteiger partial charge in [0, 0.05) is 24.9 Å². The van der Waals surface area contributed by atoms with E-state index in [4.69, 9.17) is 4.74 Å². The van der Waals surface area contributed by atoms with Crippen LogP contribution in [0.4, 0.5) is 28.9 Å². The molecule has 0 radical (unpaired) electrons. The second-order valence-electron chi connectivity index (χ2n) is 7.20. The number of fused-ring (bicyclic) bond motifs is 1. The van der Waals surface area contributed by atoms with Gasteiger partial charge in [-0.3, -0.25) is 0 Å². The zero-order chi connectivity index (χ0) is 24.0. The van der Waals surface area contributed by atoms with Crippen molar-refractivity contribution in [2.75, 3.05) is 36.5 Å². The standard InChI is InChI=1S/C23H20F4N4O2/c1-15-17(12-28)14-31(13-16-2-4-18(5-3-16)23(25,26)27)22-11-21(20(24)10-19(15)22)29-6-8-33-9-7-30-32/h2-5,10-11,14,29H,1,6-9,13H2. The van der Waals surface area contributed by atoms with Gasteiger partial charge in [0.2, 0.25) is 0 Å². The Morgan fingerprint density at radius 1 is 1.18 bits per heavy atom. The fraction of sp³-hybridized carbons (Fsp3) is 0.261. The number of allylic oxidation sites excluding steroid dienone is 2. The first-order chi connectivity index (χ1) is 15.7. The lowest BCUT2D eigenvalue weighted by Gasteiger charge is -2.30. The quantitative estimate of drug-likeness (QED) is 0.305. The zero-order valence-electron chi connectivity index (χ0n) is 17.5. The molecular weight excluding hydrogens is 440 g/mol. The molecule has 0 saturated carbocycles. The lowest BCUT2D eigenvalue weighted by molar-refractivity contribution is -0.137. The summed E-state index contributed by atoms with van der Waals surface area (Å²) in [5.41, 5.74) is 1.55. The summed E-state index contributed by atoms with van der Waals surface area (Å²) < 4.78 is 58.4. The highest BCUT2D eigenvalue weighted by atomic mass is 19.4. The van der Waals surface area contributed by atoms with Gasteiger partial charge >= 0.3 is 6.18 Å². The summed E-state index contributed by atoms with van der Waals surface area (Å²) in [6.07, 6.45) is -2.90. The molecule has 3 rings (SSSR count). The SMILES string of the molecule is C=C1C(C#N)=CN(Cc2ccc(C(F)(F)F)cc2)c2cc(NCCOCCN=O)c(F)cc21. The Morgan fingerprint density at radius 2 is 1.91 bits per heavy atom. The minimum absolute atomic E-state index is 0.0296. The summed E-state index contributed by atoms with van der Waals surface area (Å²) in [6, 6.07) is 9.54. The van der Waals surface area contributed by atoms with Crippen molar-refractivity contribution in [1.82, 2.24) is 0 Å². The van der Waals surface area contributed by atoms with Crippen LogP contribution < -0.4 is 10.2 Å². The summed E-state index contributed by atoms with van der Waals surface area (Å²) >= 11 is 0. The fourth-order valence-electron chi connectivity index (χ4n) is 3.31. The van der Waals surface area contributed by atoms with Gasteiger partial charge < -0.3 is 15.0 Å². The minimum Gasteiger partial charge on any atom is -0.380 e. The van der Waals surface area contributed by atoms with Crippen LogP contribution in [-0.4, -0.2) is 26.3 Å². The van der Waals surface area contributed by atoms with E-state index in [0.717, 1.165) is 12.1 Å². The van der Waals surface area contributed by atoms with Gasteiger partial charge in [0.15, 0.2) is 0 Å². The summed E-state index contributed by atoms with van der Waals surface area (Å²) in [5, 5.41) is 15.0. The Kier molecular flexibility index (Phi) is 7.45. The van der Waals surface area contributed by atoms with Crippen LogP contribution in [0.1, 0.15) is 16.7 Å². The van der Waals surface area contributed by atoms with E-state index in [1.165, 1.54) is 18.2 Å². The molecule has 10 heteroatoms. The minimum atomic E-state index is -4.44.